The van der Waals surface area contributed by atoms with E-state index in [-0.39, 0.29) is 30.4 Å². The summed E-state index contributed by atoms with van der Waals surface area (Å²) >= 11 is 0. The van der Waals surface area contributed by atoms with E-state index in [1.54, 1.807) is 37.4 Å². The molecule has 0 aliphatic rings. The number of aromatic nitrogens is 3. The lowest BCUT2D eigenvalue weighted by molar-refractivity contribution is -0.116. The summed E-state index contributed by atoms with van der Waals surface area (Å²) in [6.45, 7) is 1.68. The van der Waals surface area contributed by atoms with Crippen LogP contribution in [0.4, 0.5) is 10.2 Å². The van der Waals surface area contributed by atoms with Crippen molar-refractivity contribution in [2.45, 2.75) is 19.8 Å². The summed E-state index contributed by atoms with van der Waals surface area (Å²) in [6.07, 6.45) is 1.94. The number of nitrogens with one attached hydrogen (secondary N) is 1. The van der Waals surface area contributed by atoms with Crippen molar-refractivity contribution in [3.63, 3.8) is 0 Å². The molecule has 1 aromatic carbocycles. The number of aryl methyl sites for hydroxylation is 2. The molecule has 0 saturated heterocycles. The Labute approximate surface area is 149 Å². The van der Waals surface area contributed by atoms with Gasteiger partial charge in [-0.05, 0) is 30.7 Å². The van der Waals surface area contributed by atoms with E-state index in [1.807, 2.05) is 0 Å². The SMILES string of the molecule is COc1cccnc1NC(=O)CCc1nc(-c2ccc(C)c(F)c2)no1. The van der Waals surface area contributed by atoms with Gasteiger partial charge >= 0.3 is 0 Å². The van der Waals surface area contributed by atoms with Crippen molar-refractivity contribution in [3.8, 4) is 17.1 Å². The van der Waals surface area contributed by atoms with Crippen LogP contribution in [0.5, 0.6) is 5.75 Å². The van der Waals surface area contributed by atoms with Gasteiger partial charge in [0.15, 0.2) is 11.6 Å². The molecule has 0 aliphatic carbocycles. The van der Waals surface area contributed by atoms with Gasteiger partial charge in [-0.3, -0.25) is 4.79 Å². The Balaban J connectivity index is 1.61. The molecule has 0 aliphatic heterocycles. The number of hydrogen-bond acceptors (Lipinski definition) is 6. The number of hydrogen-bond donors (Lipinski definition) is 1. The number of benzene rings is 1. The molecule has 3 rings (SSSR count). The van der Waals surface area contributed by atoms with E-state index >= 15 is 0 Å². The number of carbonyl (C=O) groups excluding carboxylic acids is 1. The topological polar surface area (TPSA) is 90.1 Å². The molecule has 7 nitrogen and oxygen atoms in total. The second-order valence-electron chi connectivity index (χ2n) is 5.58. The highest BCUT2D eigenvalue weighted by Crippen LogP contribution is 2.21. The number of anilines is 1. The predicted octanol–water partition coefficient (Wildman–Crippen LogP) is 3.16. The zero-order chi connectivity index (χ0) is 18.5. The molecule has 0 radical (unpaired) electrons. The summed E-state index contributed by atoms with van der Waals surface area (Å²) in [5.74, 6) is 0.805. The summed E-state index contributed by atoms with van der Waals surface area (Å²) < 4.78 is 23.9. The largest absolute Gasteiger partial charge is 0.493 e. The predicted molar refractivity (Wildman–Crippen MR) is 92.2 cm³/mol. The molecule has 0 spiro atoms. The van der Waals surface area contributed by atoms with Gasteiger partial charge in [0.25, 0.3) is 0 Å². The van der Waals surface area contributed by atoms with Crippen molar-refractivity contribution < 1.29 is 18.4 Å². The Hall–Kier alpha value is -3.29. The minimum absolute atomic E-state index is 0.129. The molecule has 0 atom stereocenters. The zero-order valence-electron chi connectivity index (χ0n) is 14.3. The van der Waals surface area contributed by atoms with Crippen LogP contribution in [0.25, 0.3) is 11.4 Å². The summed E-state index contributed by atoms with van der Waals surface area (Å²) in [5, 5.41) is 6.50. The van der Waals surface area contributed by atoms with Crippen LogP contribution in [0, 0.1) is 12.7 Å². The number of pyridine rings is 1. The maximum Gasteiger partial charge on any atom is 0.227 e. The summed E-state index contributed by atoms with van der Waals surface area (Å²) in [4.78, 5) is 20.3. The van der Waals surface area contributed by atoms with E-state index in [9.17, 15) is 9.18 Å². The van der Waals surface area contributed by atoms with Crippen molar-refractivity contribution >= 4 is 11.7 Å². The Bertz CT molecular complexity index is 926. The molecule has 2 heterocycles. The van der Waals surface area contributed by atoms with E-state index in [4.69, 9.17) is 9.26 Å². The van der Waals surface area contributed by atoms with Crippen molar-refractivity contribution in [3.05, 3.63) is 53.8 Å². The highest BCUT2D eigenvalue weighted by Gasteiger charge is 2.13. The van der Waals surface area contributed by atoms with E-state index in [0.29, 0.717) is 28.6 Å². The van der Waals surface area contributed by atoms with Gasteiger partial charge in [0.2, 0.25) is 17.6 Å². The minimum Gasteiger partial charge on any atom is -0.493 e. The third-order valence-electron chi connectivity index (χ3n) is 3.71. The molecule has 0 saturated carbocycles. The second kappa shape index (κ2) is 7.73. The molecule has 3 aromatic rings. The molecule has 0 unspecified atom stereocenters. The quantitative estimate of drug-likeness (QED) is 0.730. The van der Waals surface area contributed by atoms with Crippen LogP contribution < -0.4 is 10.1 Å². The number of nitrogens with zero attached hydrogens (tertiary/aromatic N) is 3. The molecule has 26 heavy (non-hydrogen) atoms. The van der Waals surface area contributed by atoms with Gasteiger partial charge < -0.3 is 14.6 Å². The molecular weight excluding hydrogens is 339 g/mol. The molecule has 2 aromatic heterocycles. The number of carbonyl (C=O) groups is 1. The van der Waals surface area contributed by atoms with E-state index in [2.05, 4.69) is 20.4 Å². The summed E-state index contributed by atoms with van der Waals surface area (Å²) in [5.41, 5.74) is 1.06. The standard InChI is InChI=1S/C18H17FN4O3/c1-11-5-6-12(10-13(11)19)17-22-16(26-23-17)8-7-15(24)21-18-14(25-2)4-3-9-20-18/h3-6,9-10H,7-8H2,1-2H3,(H,20,21,24). The van der Waals surface area contributed by atoms with Gasteiger partial charge in [0.05, 0.1) is 7.11 Å². The highest BCUT2D eigenvalue weighted by atomic mass is 19.1. The smallest absolute Gasteiger partial charge is 0.227 e. The van der Waals surface area contributed by atoms with Crippen molar-refractivity contribution in [2.24, 2.45) is 0 Å². The Morgan fingerprint density at radius 3 is 2.96 bits per heavy atom. The molecule has 0 bridgehead atoms. The van der Waals surface area contributed by atoms with Gasteiger partial charge in [-0.1, -0.05) is 17.3 Å². The normalized spacial score (nSPS) is 10.6. The summed E-state index contributed by atoms with van der Waals surface area (Å²) in [7, 11) is 1.50. The van der Waals surface area contributed by atoms with E-state index in [1.165, 1.54) is 13.2 Å². The Morgan fingerprint density at radius 2 is 2.19 bits per heavy atom. The van der Waals surface area contributed by atoms with Crippen LogP contribution in [0.1, 0.15) is 17.9 Å². The van der Waals surface area contributed by atoms with Gasteiger partial charge in [-0.15, -0.1) is 0 Å². The van der Waals surface area contributed by atoms with Gasteiger partial charge in [-0.2, -0.15) is 4.98 Å². The van der Waals surface area contributed by atoms with Gasteiger partial charge in [0, 0.05) is 24.6 Å². The number of rotatable bonds is 6. The van der Waals surface area contributed by atoms with E-state index in [0.717, 1.165) is 0 Å². The molecule has 1 N–H and O–H groups in total. The molecule has 0 fully saturated rings. The monoisotopic (exact) mass is 356 g/mol. The fraction of sp³-hybridized carbons (Fsp3) is 0.222. The first-order valence-corrected chi connectivity index (χ1v) is 7.95. The highest BCUT2D eigenvalue weighted by molar-refractivity contribution is 5.91. The number of amides is 1. The molecular formula is C18H17FN4O3. The maximum atomic E-state index is 13.6. The minimum atomic E-state index is -0.336. The van der Waals surface area contributed by atoms with Crippen molar-refractivity contribution in [1.29, 1.82) is 0 Å². The van der Waals surface area contributed by atoms with Gasteiger partial charge in [0.1, 0.15) is 5.82 Å². The van der Waals surface area contributed by atoms with Crippen molar-refractivity contribution in [2.75, 3.05) is 12.4 Å². The number of ether oxygens (including phenoxy) is 1. The first-order valence-electron chi connectivity index (χ1n) is 7.95. The lowest BCUT2D eigenvalue weighted by atomic mass is 10.1. The zero-order valence-corrected chi connectivity index (χ0v) is 14.3. The average molecular weight is 356 g/mol. The maximum absolute atomic E-state index is 13.6. The van der Waals surface area contributed by atoms with Crippen LogP contribution >= 0.6 is 0 Å². The molecule has 1 amide bonds. The lowest BCUT2D eigenvalue weighted by Gasteiger charge is -2.07. The third-order valence-corrected chi connectivity index (χ3v) is 3.71. The first-order chi connectivity index (χ1) is 12.6. The van der Waals surface area contributed by atoms with Crippen LogP contribution in [0.15, 0.2) is 41.1 Å². The van der Waals surface area contributed by atoms with Crippen LogP contribution in [-0.2, 0) is 11.2 Å². The fourth-order valence-electron chi connectivity index (χ4n) is 2.27. The fourth-order valence-corrected chi connectivity index (χ4v) is 2.27. The van der Waals surface area contributed by atoms with E-state index < -0.39 is 0 Å². The van der Waals surface area contributed by atoms with Gasteiger partial charge in [-0.25, -0.2) is 9.37 Å². The second-order valence-corrected chi connectivity index (χ2v) is 5.58. The first kappa shape index (κ1) is 17.5. The molecule has 134 valence electrons. The Morgan fingerprint density at radius 1 is 1.35 bits per heavy atom. The van der Waals surface area contributed by atoms with Crippen molar-refractivity contribution in [1.82, 2.24) is 15.1 Å². The average Bonchev–Trinajstić information content (AvgIpc) is 3.12. The number of methoxy groups -OCH3 is 1. The lowest BCUT2D eigenvalue weighted by Crippen LogP contribution is -2.14. The summed E-state index contributed by atoms with van der Waals surface area (Å²) in [6, 6.07) is 8.13. The Kier molecular flexibility index (Phi) is 5.21. The third kappa shape index (κ3) is 4.02. The molecule has 8 heteroatoms. The van der Waals surface area contributed by atoms with Crippen LogP contribution in [0.3, 0.4) is 0 Å². The van der Waals surface area contributed by atoms with Crippen LogP contribution in [0.2, 0.25) is 0 Å². The van der Waals surface area contributed by atoms with Crippen LogP contribution in [-0.4, -0.2) is 28.1 Å². The number of halogens is 1.